The number of rotatable bonds is 8. The first-order valence-corrected chi connectivity index (χ1v) is 10.1. The molecule has 1 aliphatic heterocycles. The number of piperazine rings is 1. The Balaban J connectivity index is 1.33. The first-order chi connectivity index (χ1) is 13.6. The molecule has 0 aliphatic carbocycles. The van der Waals surface area contributed by atoms with Gasteiger partial charge in [-0.1, -0.05) is 29.8 Å². The molecule has 2 aromatic rings. The lowest BCUT2D eigenvalue weighted by Gasteiger charge is -2.34. The van der Waals surface area contributed by atoms with E-state index in [2.05, 4.69) is 46.4 Å². The predicted molar refractivity (Wildman–Crippen MR) is 114 cm³/mol. The molecule has 1 amide bonds. The number of nitrogens with zero attached hydrogens (tertiary/aromatic N) is 2. The van der Waals surface area contributed by atoms with Crippen LogP contribution in [0.2, 0.25) is 0 Å². The van der Waals surface area contributed by atoms with E-state index in [1.54, 1.807) is 0 Å². The van der Waals surface area contributed by atoms with E-state index in [1.165, 1.54) is 11.3 Å². The molecule has 0 atom stereocenters. The van der Waals surface area contributed by atoms with E-state index < -0.39 is 0 Å². The van der Waals surface area contributed by atoms with Crippen molar-refractivity contribution < 1.29 is 9.53 Å². The molecule has 1 heterocycles. The van der Waals surface area contributed by atoms with Gasteiger partial charge in [0.1, 0.15) is 5.75 Å². The largest absolute Gasteiger partial charge is 0.494 e. The molecule has 3 rings (SSSR count). The van der Waals surface area contributed by atoms with Crippen molar-refractivity contribution in [2.75, 3.05) is 44.7 Å². The van der Waals surface area contributed by atoms with Crippen LogP contribution in [0.3, 0.4) is 0 Å². The fourth-order valence-corrected chi connectivity index (χ4v) is 3.24. The zero-order chi connectivity index (χ0) is 19.8. The minimum absolute atomic E-state index is 0.0654. The second kappa shape index (κ2) is 10.1. The number of amides is 1. The molecule has 2 aromatic carbocycles. The number of carbonyl (C=O) groups excluding carboxylic acids is 1. The van der Waals surface area contributed by atoms with E-state index in [-0.39, 0.29) is 5.91 Å². The summed E-state index contributed by atoms with van der Waals surface area (Å²) in [6.07, 6.45) is 1.19. The van der Waals surface area contributed by atoms with Gasteiger partial charge in [0.15, 0.2) is 0 Å². The lowest BCUT2D eigenvalue weighted by atomic mass is 10.1. The maximum atomic E-state index is 12.0. The van der Waals surface area contributed by atoms with Crippen LogP contribution in [0.25, 0.3) is 0 Å². The maximum Gasteiger partial charge on any atom is 0.220 e. The molecule has 0 unspecified atom stereocenters. The van der Waals surface area contributed by atoms with Crippen molar-refractivity contribution in [3.63, 3.8) is 0 Å². The van der Waals surface area contributed by atoms with Gasteiger partial charge >= 0.3 is 0 Å². The molecule has 0 bridgehead atoms. The van der Waals surface area contributed by atoms with E-state index >= 15 is 0 Å². The highest BCUT2D eigenvalue weighted by Crippen LogP contribution is 2.17. The van der Waals surface area contributed by atoms with Crippen molar-refractivity contribution >= 4 is 11.6 Å². The zero-order valence-electron chi connectivity index (χ0n) is 17.0. The van der Waals surface area contributed by atoms with Crippen molar-refractivity contribution in [1.29, 1.82) is 0 Å². The van der Waals surface area contributed by atoms with Gasteiger partial charge in [0, 0.05) is 44.8 Å². The Morgan fingerprint density at radius 2 is 1.68 bits per heavy atom. The molecule has 5 nitrogen and oxygen atoms in total. The normalized spacial score (nSPS) is 14.7. The lowest BCUT2D eigenvalue weighted by molar-refractivity contribution is -0.121. The van der Waals surface area contributed by atoms with E-state index in [0.29, 0.717) is 26.0 Å². The molecule has 0 aromatic heterocycles. The Labute approximate surface area is 168 Å². The van der Waals surface area contributed by atoms with Crippen molar-refractivity contribution in [1.82, 2.24) is 10.2 Å². The van der Waals surface area contributed by atoms with Gasteiger partial charge in [-0.25, -0.2) is 0 Å². The summed E-state index contributed by atoms with van der Waals surface area (Å²) in [5, 5.41) is 3.00. The summed E-state index contributed by atoms with van der Waals surface area (Å²) in [7, 11) is 2.16. The Morgan fingerprint density at radius 3 is 2.36 bits per heavy atom. The number of anilines is 1. The van der Waals surface area contributed by atoms with Gasteiger partial charge < -0.3 is 19.9 Å². The highest BCUT2D eigenvalue weighted by molar-refractivity contribution is 5.75. The molecule has 1 aliphatic rings. The quantitative estimate of drug-likeness (QED) is 0.713. The summed E-state index contributed by atoms with van der Waals surface area (Å²) in [4.78, 5) is 16.8. The fraction of sp³-hybridized carbons (Fsp3) is 0.435. The van der Waals surface area contributed by atoms with Crippen LogP contribution in [0.4, 0.5) is 5.69 Å². The Morgan fingerprint density at radius 1 is 1.00 bits per heavy atom. The summed E-state index contributed by atoms with van der Waals surface area (Å²) in [5.41, 5.74) is 3.60. The Kier molecular flexibility index (Phi) is 7.31. The van der Waals surface area contributed by atoms with Gasteiger partial charge in [0.2, 0.25) is 5.91 Å². The molecule has 5 heteroatoms. The highest BCUT2D eigenvalue weighted by atomic mass is 16.5. The molecule has 1 saturated heterocycles. The highest BCUT2D eigenvalue weighted by Gasteiger charge is 2.13. The van der Waals surface area contributed by atoms with Gasteiger partial charge in [0.25, 0.3) is 0 Å². The summed E-state index contributed by atoms with van der Waals surface area (Å²) in [5.74, 6) is 0.919. The fourth-order valence-electron chi connectivity index (χ4n) is 3.24. The molecular formula is C23H31N3O2. The third-order valence-electron chi connectivity index (χ3n) is 5.13. The molecule has 0 saturated carbocycles. The number of ether oxygens (including phenoxy) is 1. The standard InChI is InChI=1S/C23H31N3O2/c1-19-5-11-22(12-6-19)28-17-3-4-23(27)24-18-20-7-9-21(10-8-20)26-15-13-25(2)14-16-26/h5-12H,3-4,13-18H2,1-2H3,(H,24,27). The molecule has 150 valence electrons. The van der Waals surface area contributed by atoms with Gasteiger partial charge in [-0.3, -0.25) is 4.79 Å². The second-order valence-corrected chi connectivity index (χ2v) is 7.50. The number of benzene rings is 2. The molecule has 28 heavy (non-hydrogen) atoms. The van der Waals surface area contributed by atoms with Crippen molar-refractivity contribution in [2.45, 2.75) is 26.3 Å². The SMILES string of the molecule is Cc1ccc(OCCCC(=O)NCc2ccc(N3CCN(C)CC3)cc2)cc1. The van der Waals surface area contributed by atoms with Crippen molar-refractivity contribution in [2.24, 2.45) is 0 Å². The number of aryl methyl sites for hydroxylation is 1. The van der Waals surface area contributed by atoms with Crippen LogP contribution in [0.1, 0.15) is 24.0 Å². The summed E-state index contributed by atoms with van der Waals surface area (Å²) in [6, 6.07) is 16.5. The van der Waals surface area contributed by atoms with Crippen molar-refractivity contribution in [3.8, 4) is 5.75 Å². The lowest BCUT2D eigenvalue weighted by Crippen LogP contribution is -2.44. The Bertz CT molecular complexity index is 735. The first kappa shape index (κ1) is 20.2. The average molecular weight is 382 g/mol. The van der Waals surface area contributed by atoms with Crippen LogP contribution in [-0.4, -0.2) is 50.6 Å². The molecule has 1 N–H and O–H groups in total. The third kappa shape index (κ3) is 6.27. The predicted octanol–water partition coefficient (Wildman–Crippen LogP) is 3.22. The molecule has 1 fully saturated rings. The van der Waals surface area contributed by atoms with Crippen LogP contribution in [-0.2, 0) is 11.3 Å². The van der Waals surface area contributed by atoms with E-state index in [9.17, 15) is 4.79 Å². The monoisotopic (exact) mass is 381 g/mol. The molecule has 0 radical (unpaired) electrons. The minimum atomic E-state index is 0.0654. The number of hydrogen-bond acceptors (Lipinski definition) is 4. The summed E-state index contributed by atoms with van der Waals surface area (Å²) < 4.78 is 5.66. The van der Waals surface area contributed by atoms with Crippen LogP contribution in [0.15, 0.2) is 48.5 Å². The Hall–Kier alpha value is -2.53. The van der Waals surface area contributed by atoms with E-state index in [0.717, 1.165) is 37.5 Å². The van der Waals surface area contributed by atoms with Crippen LogP contribution < -0.4 is 15.0 Å². The topological polar surface area (TPSA) is 44.8 Å². The smallest absolute Gasteiger partial charge is 0.220 e. The zero-order valence-corrected chi connectivity index (χ0v) is 17.0. The van der Waals surface area contributed by atoms with Gasteiger partial charge in [0.05, 0.1) is 6.61 Å². The summed E-state index contributed by atoms with van der Waals surface area (Å²) in [6.45, 7) is 7.51. The first-order valence-electron chi connectivity index (χ1n) is 10.1. The minimum Gasteiger partial charge on any atom is -0.494 e. The van der Waals surface area contributed by atoms with E-state index in [4.69, 9.17) is 4.74 Å². The summed E-state index contributed by atoms with van der Waals surface area (Å²) >= 11 is 0. The van der Waals surface area contributed by atoms with Crippen LogP contribution in [0, 0.1) is 6.92 Å². The van der Waals surface area contributed by atoms with Crippen LogP contribution >= 0.6 is 0 Å². The van der Waals surface area contributed by atoms with E-state index in [1.807, 2.05) is 31.2 Å². The van der Waals surface area contributed by atoms with Gasteiger partial charge in [-0.2, -0.15) is 0 Å². The number of hydrogen-bond donors (Lipinski definition) is 1. The number of carbonyl (C=O) groups is 1. The molecule has 0 spiro atoms. The number of likely N-dealkylation sites (N-methyl/N-ethyl adjacent to an activating group) is 1. The van der Waals surface area contributed by atoms with Crippen LogP contribution in [0.5, 0.6) is 5.75 Å². The maximum absolute atomic E-state index is 12.0. The average Bonchev–Trinajstić information content (AvgIpc) is 2.72. The number of nitrogens with one attached hydrogen (secondary N) is 1. The third-order valence-corrected chi connectivity index (χ3v) is 5.13. The van der Waals surface area contributed by atoms with Crippen molar-refractivity contribution in [3.05, 3.63) is 59.7 Å². The molecular weight excluding hydrogens is 350 g/mol. The second-order valence-electron chi connectivity index (χ2n) is 7.50. The van der Waals surface area contributed by atoms with Gasteiger partial charge in [-0.15, -0.1) is 0 Å². The van der Waals surface area contributed by atoms with Gasteiger partial charge in [-0.05, 0) is 50.2 Å².